The molecule has 0 saturated carbocycles. The van der Waals surface area contributed by atoms with E-state index in [0.29, 0.717) is 42.0 Å². The highest BCUT2D eigenvalue weighted by atomic mass is 16.5. The summed E-state index contributed by atoms with van der Waals surface area (Å²) in [6.45, 7) is 9.69. The molecule has 0 heterocycles. The van der Waals surface area contributed by atoms with Crippen molar-refractivity contribution in [2.45, 2.75) is 40.5 Å². The van der Waals surface area contributed by atoms with E-state index in [4.69, 9.17) is 9.47 Å². The van der Waals surface area contributed by atoms with Crippen LogP contribution in [0.5, 0.6) is 11.5 Å². The molecule has 2 atom stereocenters. The molecular weight excluding hydrogens is 267 g/mol. The monoisotopic (exact) mass is 294 g/mol. The van der Waals surface area contributed by atoms with Crippen LogP contribution in [0, 0.1) is 11.8 Å². The van der Waals surface area contributed by atoms with Crippen LogP contribution in [0.2, 0.25) is 0 Å². The second-order valence-electron chi connectivity index (χ2n) is 5.73. The van der Waals surface area contributed by atoms with Gasteiger partial charge in [-0.1, -0.05) is 46.6 Å². The lowest BCUT2D eigenvalue weighted by Gasteiger charge is -2.17. The summed E-state index contributed by atoms with van der Waals surface area (Å²) in [4.78, 5) is 0. The van der Waals surface area contributed by atoms with E-state index in [9.17, 15) is 10.0 Å². The zero-order valence-corrected chi connectivity index (χ0v) is 13.5. The Balaban J connectivity index is 2.83. The maximum Gasteiger partial charge on any atom is 0.488 e. The van der Waals surface area contributed by atoms with Crippen LogP contribution in [0.3, 0.4) is 0 Å². The molecule has 0 aliphatic carbocycles. The van der Waals surface area contributed by atoms with Crippen molar-refractivity contribution in [2.24, 2.45) is 11.8 Å². The normalized spacial score (nSPS) is 13.6. The first-order valence-corrected chi connectivity index (χ1v) is 7.73. The van der Waals surface area contributed by atoms with Crippen molar-refractivity contribution in [1.29, 1.82) is 0 Å². The Kier molecular flexibility index (Phi) is 7.61. The van der Waals surface area contributed by atoms with E-state index in [1.165, 1.54) is 0 Å². The summed E-state index contributed by atoms with van der Waals surface area (Å²) in [5.74, 6) is 2.14. The van der Waals surface area contributed by atoms with Crippen LogP contribution >= 0.6 is 0 Å². The Morgan fingerprint density at radius 1 is 0.952 bits per heavy atom. The van der Waals surface area contributed by atoms with Crippen molar-refractivity contribution in [3.8, 4) is 11.5 Å². The number of hydrogen-bond acceptors (Lipinski definition) is 4. The Hall–Kier alpha value is -1.20. The van der Waals surface area contributed by atoms with Gasteiger partial charge in [0.15, 0.2) is 11.5 Å². The smallest absolute Gasteiger partial charge is 0.488 e. The number of benzene rings is 1. The predicted octanol–water partition coefficient (Wildman–Crippen LogP) is 2.22. The van der Waals surface area contributed by atoms with E-state index >= 15 is 0 Å². The molecule has 0 radical (unpaired) electrons. The lowest BCUT2D eigenvalue weighted by molar-refractivity contribution is 0.218. The van der Waals surface area contributed by atoms with E-state index in [1.807, 2.05) is 0 Å². The minimum absolute atomic E-state index is 0.407. The SMILES string of the molecule is CCC(C)COc1ccc(B(O)O)cc1OCC(C)CC. The Bertz CT molecular complexity index is 423. The van der Waals surface area contributed by atoms with Gasteiger partial charge >= 0.3 is 7.12 Å². The molecule has 118 valence electrons. The van der Waals surface area contributed by atoms with E-state index in [2.05, 4.69) is 27.7 Å². The molecule has 0 spiro atoms. The Labute approximate surface area is 128 Å². The topological polar surface area (TPSA) is 58.9 Å². The van der Waals surface area contributed by atoms with Gasteiger partial charge in [0.05, 0.1) is 13.2 Å². The fourth-order valence-corrected chi connectivity index (χ4v) is 1.62. The summed E-state index contributed by atoms with van der Waals surface area (Å²) in [5.41, 5.74) is 0.407. The predicted molar refractivity (Wildman–Crippen MR) is 86.2 cm³/mol. The van der Waals surface area contributed by atoms with Crippen LogP contribution in [0.15, 0.2) is 18.2 Å². The van der Waals surface area contributed by atoms with Crippen LogP contribution in [0.4, 0.5) is 0 Å². The van der Waals surface area contributed by atoms with Crippen molar-refractivity contribution in [3.05, 3.63) is 18.2 Å². The molecule has 5 heteroatoms. The van der Waals surface area contributed by atoms with Crippen molar-refractivity contribution in [3.63, 3.8) is 0 Å². The molecule has 0 aromatic heterocycles. The minimum atomic E-state index is -1.50. The first kappa shape index (κ1) is 17.9. The van der Waals surface area contributed by atoms with Crippen LogP contribution in [0.1, 0.15) is 40.5 Å². The molecule has 0 saturated heterocycles. The third-order valence-electron chi connectivity index (χ3n) is 3.71. The third-order valence-corrected chi connectivity index (χ3v) is 3.71. The minimum Gasteiger partial charge on any atom is -0.489 e. The summed E-state index contributed by atoms with van der Waals surface area (Å²) < 4.78 is 11.6. The second kappa shape index (κ2) is 8.95. The van der Waals surface area contributed by atoms with Gasteiger partial charge in [-0.05, 0) is 29.4 Å². The average Bonchev–Trinajstić information content (AvgIpc) is 2.50. The largest absolute Gasteiger partial charge is 0.489 e. The van der Waals surface area contributed by atoms with Gasteiger partial charge < -0.3 is 19.5 Å². The van der Waals surface area contributed by atoms with Gasteiger partial charge in [0.1, 0.15) is 0 Å². The fourth-order valence-electron chi connectivity index (χ4n) is 1.62. The summed E-state index contributed by atoms with van der Waals surface area (Å²) in [7, 11) is -1.50. The van der Waals surface area contributed by atoms with Gasteiger partial charge in [0.2, 0.25) is 0 Å². The Morgan fingerprint density at radius 3 is 1.95 bits per heavy atom. The molecule has 0 aliphatic rings. The lowest BCUT2D eigenvalue weighted by Crippen LogP contribution is -2.29. The van der Waals surface area contributed by atoms with Gasteiger partial charge in [-0.25, -0.2) is 0 Å². The molecule has 1 aromatic rings. The highest BCUT2D eigenvalue weighted by Crippen LogP contribution is 2.27. The standard InChI is InChI=1S/C16H27BO4/c1-5-12(3)10-20-15-8-7-14(17(18)19)9-16(15)21-11-13(4)6-2/h7-9,12-13,18-19H,5-6,10-11H2,1-4H3. The van der Waals surface area contributed by atoms with E-state index in [-0.39, 0.29) is 0 Å². The summed E-state index contributed by atoms with van der Waals surface area (Å²) in [6.07, 6.45) is 2.09. The zero-order valence-electron chi connectivity index (χ0n) is 13.5. The zero-order chi connectivity index (χ0) is 15.8. The van der Waals surface area contributed by atoms with Gasteiger partial charge in [-0.3, -0.25) is 0 Å². The first-order chi connectivity index (χ1) is 9.97. The number of hydrogen-bond donors (Lipinski definition) is 2. The summed E-state index contributed by atoms with van der Waals surface area (Å²) in [6, 6.07) is 5.02. The fraction of sp³-hybridized carbons (Fsp3) is 0.625. The third kappa shape index (κ3) is 5.98. The van der Waals surface area contributed by atoms with Crippen molar-refractivity contribution in [1.82, 2.24) is 0 Å². The molecule has 2 N–H and O–H groups in total. The molecule has 2 unspecified atom stereocenters. The maximum atomic E-state index is 9.28. The molecule has 0 amide bonds. The molecule has 0 bridgehead atoms. The van der Waals surface area contributed by atoms with E-state index in [0.717, 1.165) is 12.8 Å². The second-order valence-corrected chi connectivity index (χ2v) is 5.73. The van der Waals surface area contributed by atoms with Crippen LogP contribution < -0.4 is 14.9 Å². The van der Waals surface area contributed by atoms with Crippen LogP contribution in [-0.4, -0.2) is 30.4 Å². The molecule has 0 fully saturated rings. The molecule has 0 aliphatic heterocycles. The highest BCUT2D eigenvalue weighted by Gasteiger charge is 2.16. The van der Waals surface area contributed by atoms with E-state index < -0.39 is 7.12 Å². The molecular formula is C16H27BO4. The number of rotatable bonds is 9. The van der Waals surface area contributed by atoms with Crippen LogP contribution in [-0.2, 0) is 0 Å². The summed E-state index contributed by atoms with van der Waals surface area (Å²) in [5, 5.41) is 18.6. The molecule has 21 heavy (non-hydrogen) atoms. The molecule has 1 aromatic carbocycles. The molecule has 4 nitrogen and oxygen atoms in total. The maximum absolute atomic E-state index is 9.28. The number of ether oxygens (including phenoxy) is 2. The molecule has 1 rings (SSSR count). The van der Waals surface area contributed by atoms with Gasteiger partial charge in [0, 0.05) is 0 Å². The van der Waals surface area contributed by atoms with Gasteiger partial charge in [0.25, 0.3) is 0 Å². The van der Waals surface area contributed by atoms with Gasteiger partial charge in [-0.2, -0.15) is 0 Å². The van der Waals surface area contributed by atoms with Crippen LogP contribution in [0.25, 0.3) is 0 Å². The quantitative estimate of drug-likeness (QED) is 0.686. The van der Waals surface area contributed by atoms with Crippen molar-refractivity contribution >= 4 is 12.6 Å². The average molecular weight is 294 g/mol. The van der Waals surface area contributed by atoms with Crippen molar-refractivity contribution in [2.75, 3.05) is 13.2 Å². The Morgan fingerprint density at radius 2 is 1.48 bits per heavy atom. The first-order valence-electron chi connectivity index (χ1n) is 7.73. The summed E-state index contributed by atoms with van der Waals surface area (Å²) >= 11 is 0. The highest BCUT2D eigenvalue weighted by molar-refractivity contribution is 6.58. The lowest BCUT2D eigenvalue weighted by atomic mass is 9.80. The van der Waals surface area contributed by atoms with E-state index in [1.54, 1.807) is 18.2 Å². The van der Waals surface area contributed by atoms with Gasteiger partial charge in [-0.15, -0.1) is 0 Å². The van der Waals surface area contributed by atoms with Crippen molar-refractivity contribution < 1.29 is 19.5 Å².